The number of rotatable bonds is 13. The van der Waals surface area contributed by atoms with Crippen molar-refractivity contribution in [1.29, 1.82) is 0 Å². The van der Waals surface area contributed by atoms with Crippen LogP contribution in [0.3, 0.4) is 0 Å². The van der Waals surface area contributed by atoms with E-state index >= 15 is 0 Å². The number of nitrogens with zero attached hydrogens (tertiary/aromatic N) is 5. The third kappa shape index (κ3) is 6.97. The number of methoxy groups -OCH3 is 2. The number of anilines is 1. The first-order chi connectivity index (χ1) is 22.9. The summed E-state index contributed by atoms with van der Waals surface area (Å²) < 4.78 is 38.2. The lowest BCUT2D eigenvalue weighted by Crippen LogP contribution is -2.24. The predicted octanol–water partition coefficient (Wildman–Crippen LogP) is 7.65. The minimum Gasteiger partial charge on any atom is -0.497 e. The van der Waals surface area contributed by atoms with E-state index in [1.54, 1.807) is 26.4 Å². The average Bonchev–Trinajstić information content (AvgIpc) is 3.71. The van der Waals surface area contributed by atoms with Crippen LogP contribution in [0.5, 0.6) is 11.5 Å². The number of ether oxygens (including phenoxy) is 3. The van der Waals surface area contributed by atoms with Crippen molar-refractivity contribution in [2.24, 2.45) is 0 Å². The van der Waals surface area contributed by atoms with E-state index in [4.69, 9.17) is 28.7 Å². The highest BCUT2D eigenvalue weighted by molar-refractivity contribution is 5.90. The first-order valence-corrected chi connectivity index (χ1v) is 15.5. The molecule has 0 fully saturated rings. The van der Waals surface area contributed by atoms with Gasteiger partial charge in [-0.15, -0.1) is 0 Å². The summed E-state index contributed by atoms with van der Waals surface area (Å²) in [4.78, 5) is 12.6. The van der Waals surface area contributed by atoms with Crippen LogP contribution in [0, 0.1) is 19.7 Å². The summed E-state index contributed by atoms with van der Waals surface area (Å²) in [6.07, 6.45) is 0. The quantitative estimate of drug-likeness (QED) is 0.128. The molecule has 242 valence electrons. The molecule has 3 aromatic carbocycles. The number of pyridine rings is 1. The zero-order chi connectivity index (χ0) is 32.9. The highest BCUT2D eigenvalue weighted by Gasteiger charge is 2.24. The fourth-order valence-corrected chi connectivity index (χ4v) is 5.60. The number of hydrogen-bond donors (Lipinski definition) is 0. The Hall–Kier alpha value is -5.22. The standard InChI is InChI=1S/C37H38FN5O4/c1-6-46-23-34-40-35-36(43(34)22-32-19-33(41-47-32)28-11-13-29(38)14-12-28)24(2)25(3)39-37(35)42(20-26-7-15-30(44-4)16-8-26)21-27-9-17-31(45-5)18-10-27/h7-19H,6,20-23H2,1-5H3. The number of halogens is 1. The van der Waals surface area contributed by atoms with Gasteiger partial charge in [-0.25, -0.2) is 14.4 Å². The molecular weight excluding hydrogens is 597 g/mol. The lowest BCUT2D eigenvalue weighted by molar-refractivity contribution is 0.126. The van der Waals surface area contributed by atoms with Crippen LogP contribution in [0.25, 0.3) is 22.3 Å². The molecule has 0 saturated carbocycles. The maximum atomic E-state index is 13.5. The van der Waals surface area contributed by atoms with Crippen molar-refractivity contribution in [2.75, 3.05) is 25.7 Å². The smallest absolute Gasteiger partial charge is 0.157 e. The summed E-state index contributed by atoms with van der Waals surface area (Å²) in [6.45, 7) is 8.49. The van der Waals surface area contributed by atoms with Crippen molar-refractivity contribution in [1.82, 2.24) is 19.7 Å². The van der Waals surface area contributed by atoms with Gasteiger partial charge < -0.3 is 28.2 Å². The third-order valence-corrected chi connectivity index (χ3v) is 8.24. The van der Waals surface area contributed by atoms with Gasteiger partial charge in [-0.2, -0.15) is 0 Å². The Morgan fingerprint density at radius 3 is 2.02 bits per heavy atom. The second-order valence-electron chi connectivity index (χ2n) is 11.3. The third-order valence-electron chi connectivity index (χ3n) is 8.24. The molecule has 47 heavy (non-hydrogen) atoms. The van der Waals surface area contributed by atoms with Gasteiger partial charge in [0, 0.05) is 37.0 Å². The Bertz CT molecular complexity index is 1900. The topological polar surface area (TPSA) is 87.7 Å². The SMILES string of the molecule is CCOCc1nc2c(N(Cc3ccc(OC)cc3)Cc3ccc(OC)cc3)nc(C)c(C)c2n1Cc1cc(-c2ccc(F)cc2)no1. The molecule has 0 aliphatic heterocycles. The van der Waals surface area contributed by atoms with E-state index in [0.29, 0.717) is 44.3 Å². The normalized spacial score (nSPS) is 11.3. The molecular formula is C37H38FN5O4. The molecule has 9 nitrogen and oxygen atoms in total. The fourth-order valence-electron chi connectivity index (χ4n) is 5.60. The van der Waals surface area contributed by atoms with Gasteiger partial charge >= 0.3 is 0 Å². The molecule has 10 heteroatoms. The van der Waals surface area contributed by atoms with Gasteiger partial charge in [0.25, 0.3) is 0 Å². The number of fused-ring (bicyclic) bond motifs is 1. The van der Waals surface area contributed by atoms with Gasteiger partial charge in [0.1, 0.15) is 41.0 Å². The maximum absolute atomic E-state index is 13.5. The molecule has 0 aliphatic carbocycles. The first-order valence-electron chi connectivity index (χ1n) is 15.5. The van der Waals surface area contributed by atoms with Crippen LogP contribution in [-0.4, -0.2) is 40.5 Å². The summed E-state index contributed by atoms with van der Waals surface area (Å²) >= 11 is 0. The average molecular weight is 636 g/mol. The molecule has 0 unspecified atom stereocenters. The molecule has 0 aliphatic rings. The van der Waals surface area contributed by atoms with Crippen molar-refractivity contribution in [2.45, 2.75) is 47.0 Å². The van der Waals surface area contributed by atoms with Gasteiger partial charge in [0.15, 0.2) is 11.6 Å². The minimum absolute atomic E-state index is 0.300. The summed E-state index contributed by atoms with van der Waals surface area (Å²) in [6, 6.07) is 24.2. The molecule has 0 amide bonds. The minimum atomic E-state index is -0.300. The van der Waals surface area contributed by atoms with E-state index in [0.717, 1.165) is 62.1 Å². The van der Waals surface area contributed by atoms with Gasteiger partial charge in [-0.05, 0) is 86.0 Å². The molecule has 0 bridgehead atoms. The summed E-state index contributed by atoms with van der Waals surface area (Å²) in [5, 5.41) is 4.27. The number of imidazole rings is 1. The largest absolute Gasteiger partial charge is 0.497 e. The van der Waals surface area contributed by atoms with E-state index in [9.17, 15) is 4.39 Å². The van der Waals surface area contributed by atoms with Crippen LogP contribution in [0.4, 0.5) is 10.2 Å². The van der Waals surface area contributed by atoms with Crippen molar-refractivity contribution in [3.05, 3.63) is 119 Å². The summed E-state index contributed by atoms with van der Waals surface area (Å²) in [5.41, 5.74) is 7.28. The summed E-state index contributed by atoms with van der Waals surface area (Å²) in [7, 11) is 3.33. The van der Waals surface area contributed by atoms with Crippen LogP contribution in [0.15, 0.2) is 83.4 Å². The zero-order valence-electron chi connectivity index (χ0n) is 27.3. The lowest BCUT2D eigenvalue weighted by Gasteiger charge is -2.26. The Balaban J connectivity index is 1.45. The molecule has 0 saturated heterocycles. The van der Waals surface area contributed by atoms with E-state index in [-0.39, 0.29) is 5.82 Å². The van der Waals surface area contributed by atoms with Crippen molar-refractivity contribution >= 4 is 16.9 Å². The highest BCUT2D eigenvalue weighted by atomic mass is 19.1. The molecule has 3 aromatic heterocycles. The van der Waals surface area contributed by atoms with Gasteiger partial charge in [0.2, 0.25) is 0 Å². The molecule has 0 atom stereocenters. The van der Waals surface area contributed by atoms with Crippen molar-refractivity contribution < 1.29 is 23.1 Å². The maximum Gasteiger partial charge on any atom is 0.157 e. The van der Waals surface area contributed by atoms with Crippen LogP contribution < -0.4 is 14.4 Å². The highest BCUT2D eigenvalue weighted by Crippen LogP contribution is 2.33. The second-order valence-corrected chi connectivity index (χ2v) is 11.3. The molecule has 6 aromatic rings. The van der Waals surface area contributed by atoms with Crippen LogP contribution in [-0.2, 0) is 31.0 Å². The first kappa shape index (κ1) is 31.7. The predicted molar refractivity (Wildman–Crippen MR) is 179 cm³/mol. The summed E-state index contributed by atoms with van der Waals surface area (Å²) in [5.74, 6) is 3.48. The van der Waals surface area contributed by atoms with Crippen LogP contribution >= 0.6 is 0 Å². The number of aromatic nitrogens is 4. The zero-order valence-corrected chi connectivity index (χ0v) is 27.3. The fraction of sp³-hybridized carbons (Fsp3) is 0.270. The Morgan fingerprint density at radius 1 is 0.830 bits per heavy atom. The van der Waals surface area contributed by atoms with Gasteiger partial charge in [0.05, 0.1) is 26.3 Å². The van der Waals surface area contributed by atoms with E-state index in [2.05, 4.69) is 45.8 Å². The number of hydrogen-bond acceptors (Lipinski definition) is 8. The van der Waals surface area contributed by atoms with Crippen LogP contribution in [0.1, 0.15) is 40.9 Å². The Kier molecular flexibility index (Phi) is 9.49. The second kappa shape index (κ2) is 14.0. The van der Waals surface area contributed by atoms with Crippen molar-refractivity contribution in [3.63, 3.8) is 0 Å². The van der Waals surface area contributed by atoms with E-state index < -0.39 is 0 Å². The number of benzene rings is 3. The molecule has 6 rings (SSSR count). The van der Waals surface area contributed by atoms with E-state index in [1.165, 1.54) is 12.1 Å². The molecule has 0 spiro atoms. The Labute approximate surface area is 273 Å². The van der Waals surface area contributed by atoms with Gasteiger partial charge in [-0.1, -0.05) is 29.4 Å². The van der Waals surface area contributed by atoms with Gasteiger partial charge in [-0.3, -0.25) is 0 Å². The van der Waals surface area contributed by atoms with E-state index in [1.807, 2.05) is 44.2 Å². The van der Waals surface area contributed by atoms with Crippen LogP contribution in [0.2, 0.25) is 0 Å². The molecule has 3 heterocycles. The molecule has 0 radical (unpaired) electrons. The Morgan fingerprint density at radius 2 is 1.45 bits per heavy atom. The van der Waals surface area contributed by atoms with Crippen molar-refractivity contribution in [3.8, 4) is 22.8 Å². The monoisotopic (exact) mass is 635 g/mol. The molecule has 0 N–H and O–H groups in total. The lowest BCUT2D eigenvalue weighted by atomic mass is 10.1. The number of aryl methyl sites for hydroxylation is 2.